The summed E-state index contributed by atoms with van der Waals surface area (Å²) in [6.07, 6.45) is 5.45. The molecule has 0 aliphatic rings. The molecule has 1 unspecified atom stereocenters. The van der Waals surface area contributed by atoms with Crippen LogP contribution in [-0.2, 0) is 6.42 Å². The van der Waals surface area contributed by atoms with Gasteiger partial charge in [-0.25, -0.2) is 10.7 Å². The van der Waals surface area contributed by atoms with E-state index in [-0.39, 0.29) is 5.92 Å². The molecule has 0 radical (unpaired) electrons. The third-order valence-electron chi connectivity index (χ3n) is 5.78. The zero-order valence-corrected chi connectivity index (χ0v) is 20.3. The number of benzene rings is 3. The highest BCUT2D eigenvalue weighted by molar-refractivity contribution is 5.80. The molecule has 3 N–H and O–H groups in total. The third-order valence-corrected chi connectivity index (χ3v) is 5.78. The SMILES string of the molecule is C=NNNN(CC)/N=C/c1ccc(C)c(C(c2ccc(CCC)cc2)c2cccc(C=N)c2)c1. The molecule has 176 valence electrons. The summed E-state index contributed by atoms with van der Waals surface area (Å²) in [7, 11) is 0. The zero-order valence-electron chi connectivity index (χ0n) is 20.3. The molecule has 34 heavy (non-hydrogen) atoms. The molecule has 0 amide bonds. The zero-order chi connectivity index (χ0) is 24.3. The van der Waals surface area contributed by atoms with Gasteiger partial charge in [0.2, 0.25) is 0 Å². The van der Waals surface area contributed by atoms with Gasteiger partial charge in [0.15, 0.2) is 0 Å². The van der Waals surface area contributed by atoms with Gasteiger partial charge in [0.1, 0.15) is 0 Å². The van der Waals surface area contributed by atoms with Crippen LogP contribution in [0.15, 0.2) is 76.9 Å². The lowest BCUT2D eigenvalue weighted by atomic mass is 9.81. The Kier molecular flexibility index (Phi) is 9.12. The molecular formula is C28H34N6. The molecule has 0 spiro atoms. The first-order valence-corrected chi connectivity index (χ1v) is 11.7. The van der Waals surface area contributed by atoms with Crippen LogP contribution in [0.1, 0.15) is 65.1 Å². The van der Waals surface area contributed by atoms with Crippen LogP contribution < -0.4 is 11.1 Å². The van der Waals surface area contributed by atoms with Gasteiger partial charge in [-0.3, -0.25) is 0 Å². The lowest BCUT2D eigenvalue weighted by Gasteiger charge is -2.22. The summed E-state index contributed by atoms with van der Waals surface area (Å²) in [5.41, 5.74) is 13.5. The number of aryl methyl sites for hydroxylation is 2. The van der Waals surface area contributed by atoms with Gasteiger partial charge in [0.05, 0.1) is 12.8 Å². The van der Waals surface area contributed by atoms with Crippen LogP contribution in [0.3, 0.4) is 0 Å². The standard InChI is InChI=1S/C28H34N6/c1-5-8-22-13-15-25(16-14-22)28(26-10-7-9-23(17-26)19-29)27-18-24(12-11-21(27)3)20-31-34(6-2)33-32-30-4/h7,9-20,28-29,32-33H,4-6,8H2,1-3H3/b29-19?,31-20+. The number of nitrogens with one attached hydrogen (secondary N) is 3. The molecular weight excluding hydrogens is 420 g/mol. The first-order chi connectivity index (χ1) is 16.6. The van der Waals surface area contributed by atoms with E-state index in [9.17, 15) is 0 Å². The van der Waals surface area contributed by atoms with Crippen molar-refractivity contribution < 1.29 is 0 Å². The van der Waals surface area contributed by atoms with Gasteiger partial charge in [-0.15, -0.1) is 5.53 Å². The van der Waals surface area contributed by atoms with Crippen LogP contribution in [0.25, 0.3) is 0 Å². The van der Waals surface area contributed by atoms with Crippen molar-refractivity contribution in [1.29, 1.82) is 5.41 Å². The normalized spacial score (nSPS) is 11.9. The minimum absolute atomic E-state index is 0.0518. The second kappa shape index (κ2) is 12.5. The lowest BCUT2D eigenvalue weighted by Crippen LogP contribution is -2.41. The van der Waals surface area contributed by atoms with E-state index in [4.69, 9.17) is 5.41 Å². The van der Waals surface area contributed by atoms with Crippen LogP contribution in [-0.4, -0.2) is 30.8 Å². The summed E-state index contributed by atoms with van der Waals surface area (Å²) in [5.74, 6) is 0.0518. The summed E-state index contributed by atoms with van der Waals surface area (Å²) in [6.45, 7) is 10.4. The second-order valence-corrected chi connectivity index (χ2v) is 8.20. The molecule has 3 aromatic carbocycles. The van der Waals surface area contributed by atoms with Crippen molar-refractivity contribution in [3.63, 3.8) is 0 Å². The quantitative estimate of drug-likeness (QED) is 0.195. The number of hydrazine groups is 2. The van der Waals surface area contributed by atoms with Crippen LogP contribution in [0, 0.1) is 12.3 Å². The smallest absolute Gasteiger partial charge is 0.0559 e. The van der Waals surface area contributed by atoms with Crippen molar-refractivity contribution in [3.05, 3.63) is 106 Å². The number of hydrogen-bond donors (Lipinski definition) is 3. The number of rotatable bonds is 12. The molecule has 1 atom stereocenters. The molecule has 0 saturated heterocycles. The maximum atomic E-state index is 7.73. The summed E-state index contributed by atoms with van der Waals surface area (Å²) in [4.78, 5) is 0. The molecule has 3 rings (SSSR count). The minimum Gasteiger partial charge on any atom is -0.308 e. The Labute approximate surface area is 202 Å². The van der Waals surface area contributed by atoms with Gasteiger partial charge >= 0.3 is 0 Å². The molecule has 0 aliphatic carbocycles. The van der Waals surface area contributed by atoms with Gasteiger partial charge in [0.25, 0.3) is 0 Å². The maximum absolute atomic E-state index is 7.73. The van der Waals surface area contributed by atoms with E-state index in [1.165, 1.54) is 34.0 Å². The molecule has 3 aromatic rings. The van der Waals surface area contributed by atoms with E-state index in [1.54, 1.807) is 5.12 Å². The van der Waals surface area contributed by atoms with E-state index in [0.29, 0.717) is 6.54 Å². The van der Waals surface area contributed by atoms with Gasteiger partial charge in [-0.1, -0.05) is 67.9 Å². The highest BCUT2D eigenvalue weighted by atomic mass is 15.8. The first-order valence-electron chi connectivity index (χ1n) is 11.7. The Bertz CT molecular complexity index is 1120. The van der Waals surface area contributed by atoms with Crippen LogP contribution >= 0.6 is 0 Å². The van der Waals surface area contributed by atoms with E-state index in [1.807, 2.05) is 25.3 Å². The minimum atomic E-state index is 0.0518. The van der Waals surface area contributed by atoms with Crippen molar-refractivity contribution in [3.8, 4) is 0 Å². The van der Waals surface area contributed by atoms with Gasteiger partial charge in [0, 0.05) is 18.9 Å². The fraction of sp³-hybridized carbons (Fsp3) is 0.250. The number of nitrogens with zero attached hydrogens (tertiary/aromatic N) is 3. The van der Waals surface area contributed by atoms with Gasteiger partial charge < -0.3 is 5.41 Å². The molecule has 0 aliphatic heterocycles. The topological polar surface area (TPSA) is 75.9 Å². The Balaban J connectivity index is 2.05. The molecule has 0 fully saturated rings. The lowest BCUT2D eigenvalue weighted by molar-refractivity contribution is 0.171. The van der Waals surface area contributed by atoms with Crippen molar-refractivity contribution >= 4 is 19.1 Å². The molecule has 6 nitrogen and oxygen atoms in total. The first kappa shape index (κ1) is 24.9. The van der Waals surface area contributed by atoms with Crippen molar-refractivity contribution in [2.75, 3.05) is 6.54 Å². The second-order valence-electron chi connectivity index (χ2n) is 8.20. The molecule has 0 aromatic heterocycles. The highest BCUT2D eigenvalue weighted by Gasteiger charge is 2.19. The van der Waals surface area contributed by atoms with E-state index >= 15 is 0 Å². The average molecular weight is 455 g/mol. The van der Waals surface area contributed by atoms with Crippen LogP contribution in [0.5, 0.6) is 0 Å². The summed E-state index contributed by atoms with van der Waals surface area (Å²) >= 11 is 0. The van der Waals surface area contributed by atoms with Crippen molar-refractivity contribution in [2.24, 2.45) is 10.2 Å². The molecule has 0 saturated carbocycles. The fourth-order valence-electron chi connectivity index (χ4n) is 4.01. The molecule has 0 bridgehead atoms. The Morgan fingerprint density at radius 3 is 2.47 bits per heavy atom. The van der Waals surface area contributed by atoms with E-state index < -0.39 is 0 Å². The summed E-state index contributed by atoms with van der Waals surface area (Å²) in [5, 5.41) is 17.5. The van der Waals surface area contributed by atoms with Gasteiger partial charge in [-0.05, 0) is 71.3 Å². The van der Waals surface area contributed by atoms with E-state index in [2.05, 4.69) is 96.4 Å². The largest absolute Gasteiger partial charge is 0.308 e. The molecule has 6 heteroatoms. The van der Waals surface area contributed by atoms with E-state index in [0.717, 1.165) is 24.0 Å². The maximum Gasteiger partial charge on any atom is 0.0559 e. The monoisotopic (exact) mass is 454 g/mol. The Morgan fingerprint density at radius 1 is 1.00 bits per heavy atom. The summed E-state index contributed by atoms with van der Waals surface area (Å²) < 4.78 is 0. The van der Waals surface area contributed by atoms with Crippen molar-refractivity contribution in [2.45, 2.75) is 39.5 Å². The fourth-order valence-corrected chi connectivity index (χ4v) is 4.01. The van der Waals surface area contributed by atoms with Crippen molar-refractivity contribution in [1.82, 2.24) is 16.2 Å². The number of hydrazone groups is 2. The average Bonchev–Trinajstić information content (AvgIpc) is 2.87. The predicted octanol–water partition coefficient (Wildman–Crippen LogP) is 5.41. The highest BCUT2D eigenvalue weighted by Crippen LogP contribution is 2.35. The van der Waals surface area contributed by atoms with Crippen LogP contribution in [0.4, 0.5) is 0 Å². The Morgan fingerprint density at radius 2 is 1.79 bits per heavy atom. The Hall–Kier alpha value is -3.77. The summed E-state index contributed by atoms with van der Waals surface area (Å²) in [6, 6.07) is 23.6. The predicted molar refractivity (Wildman–Crippen MR) is 143 cm³/mol. The van der Waals surface area contributed by atoms with Gasteiger partial charge in [-0.2, -0.15) is 10.2 Å². The number of hydrogen-bond acceptors (Lipinski definition) is 6. The van der Waals surface area contributed by atoms with Crippen LogP contribution in [0.2, 0.25) is 0 Å². The third kappa shape index (κ3) is 6.39. The molecule has 0 heterocycles.